The Bertz CT molecular complexity index is 583. The van der Waals surface area contributed by atoms with E-state index in [9.17, 15) is 13.2 Å². The van der Waals surface area contributed by atoms with Gasteiger partial charge in [0.25, 0.3) is 10.0 Å². The van der Waals surface area contributed by atoms with Gasteiger partial charge in [-0.15, -0.1) is 0 Å². The van der Waals surface area contributed by atoms with Gasteiger partial charge >= 0.3 is 6.03 Å². The van der Waals surface area contributed by atoms with Gasteiger partial charge in [0, 0.05) is 6.54 Å². The fourth-order valence-corrected chi connectivity index (χ4v) is 2.99. The molecule has 0 aromatic heterocycles. The summed E-state index contributed by atoms with van der Waals surface area (Å²) in [4.78, 5) is 11.8. The predicted molar refractivity (Wildman–Crippen MR) is 88.4 cm³/mol. The Morgan fingerprint density at radius 1 is 1.18 bits per heavy atom. The first-order valence-electron chi connectivity index (χ1n) is 7.77. The topological polar surface area (TPSA) is 75.3 Å². The average molecular weight is 326 g/mol. The maximum atomic E-state index is 12.2. The first-order chi connectivity index (χ1) is 10.4. The largest absolute Gasteiger partial charge is 0.337 e. The molecule has 0 saturated carbocycles. The molecule has 2 amide bonds. The number of unbranched alkanes of at least 4 members (excludes halogenated alkanes) is 3. The Labute approximate surface area is 133 Å². The van der Waals surface area contributed by atoms with Gasteiger partial charge in [0.05, 0.1) is 4.90 Å². The monoisotopic (exact) mass is 326 g/mol. The minimum absolute atomic E-state index is 0.111. The third-order valence-electron chi connectivity index (χ3n) is 3.38. The van der Waals surface area contributed by atoms with E-state index in [0.717, 1.165) is 31.2 Å². The van der Waals surface area contributed by atoms with Crippen LogP contribution in [0.5, 0.6) is 0 Å². The number of amides is 2. The molecule has 22 heavy (non-hydrogen) atoms. The van der Waals surface area contributed by atoms with Crippen LogP contribution in [0.3, 0.4) is 0 Å². The van der Waals surface area contributed by atoms with Crippen molar-refractivity contribution < 1.29 is 13.2 Å². The number of urea groups is 1. The third-order valence-corrected chi connectivity index (χ3v) is 4.71. The van der Waals surface area contributed by atoms with E-state index in [1.165, 1.54) is 6.07 Å². The fourth-order valence-electron chi connectivity index (χ4n) is 2.01. The Kier molecular flexibility index (Phi) is 7.38. The van der Waals surface area contributed by atoms with Crippen molar-refractivity contribution in [1.29, 1.82) is 0 Å². The van der Waals surface area contributed by atoms with Crippen molar-refractivity contribution in [2.75, 3.05) is 6.54 Å². The molecule has 6 heteroatoms. The van der Waals surface area contributed by atoms with Crippen LogP contribution in [0.2, 0.25) is 0 Å². The maximum absolute atomic E-state index is 12.2. The number of sulfonamides is 1. The van der Waals surface area contributed by atoms with Crippen LogP contribution in [0, 0.1) is 0 Å². The van der Waals surface area contributed by atoms with Crippen molar-refractivity contribution in [1.82, 2.24) is 10.0 Å². The van der Waals surface area contributed by atoms with Crippen molar-refractivity contribution in [3.63, 3.8) is 0 Å². The van der Waals surface area contributed by atoms with Crippen molar-refractivity contribution in [3.05, 3.63) is 29.8 Å². The van der Waals surface area contributed by atoms with Gasteiger partial charge in [-0.05, 0) is 30.0 Å². The molecule has 5 nitrogen and oxygen atoms in total. The van der Waals surface area contributed by atoms with Crippen molar-refractivity contribution in [3.8, 4) is 0 Å². The number of nitrogens with one attached hydrogen (secondary N) is 2. The average Bonchev–Trinajstić information content (AvgIpc) is 2.46. The number of hydrogen-bond donors (Lipinski definition) is 2. The molecule has 0 fully saturated rings. The van der Waals surface area contributed by atoms with E-state index < -0.39 is 16.1 Å². The highest BCUT2D eigenvalue weighted by atomic mass is 32.2. The van der Waals surface area contributed by atoms with Crippen LogP contribution < -0.4 is 10.0 Å². The van der Waals surface area contributed by atoms with E-state index in [4.69, 9.17) is 0 Å². The molecule has 0 unspecified atom stereocenters. The Morgan fingerprint density at radius 2 is 1.91 bits per heavy atom. The summed E-state index contributed by atoms with van der Waals surface area (Å²) in [7, 11) is -3.82. The summed E-state index contributed by atoms with van der Waals surface area (Å²) >= 11 is 0. The van der Waals surface area contributed by atoms with Gasteiger partial charge in [0.15, 0.2) is 0 Å². The van der Waals surface area contributed by atoms with E-state index >= 15 is 0 Å². The lowest BCUT2D eigenvalue weighted by Crippen LogP contribution is -2.39. The molecular formula is C16H26N2O3S. The van der Waals surface area contributed by atoms with Gasteiger partial charge in [-0.1, -0.05) is 52.2 Å². The number of benzene rings is 1. The van der Waals surface area contributed by atoms with Gasteiger partial charge in [0.2, 0.25) is 0 Å². The summed E-state index contributed by atoms with van der Waals surface area (Å²) in [5.74, 6) is 0.225. The highest BCUT2D eigenvalue weighted by Crippen LogP contribution is 2.18. The number of hydrogen-bond acceptors (Lipinski definition) is 3. The third kappa shape index (κ3) is 6.05. The van der Waals surface area contributed by atoms with Crippen LogP contribution in [0.25, 0.3) is 0 Å². The zero-order chi connectivity index (χ0) is 16.6. The zero-order valence-electron chi connectivity index (χ0n) is 13.6. The summed E-state index contributed by atoms with van der Waals surface area (Å²) in [6.07, 6.45) is 4.11. The van der Waals surface area contributed by atoms with Crippen LogP contribution in [0.4, 0.5) is 4.79 Å². The minimum Gasteiger partial charge on any atom is -0.337 e. The predicted octanol–water partition coefficient (Wildman–Crippen LogP) is 3.38. The maximum Gasteiger partial charge on any atom is 0.328 e. The molecule has 0 spiro atoms. The molecule has 0 heterocycles. The number of carbonyl (C=O) groups is 1. The lowest BCUT2D eigenvalue weighted by atomic mass is 10.0. The van der Waals surface area contributed by atoms with Crippen LogP contribution >= 0.6 is 0 Å². The second-order valence-electron chi connectivity index (χ2n) is 5.65. The normalized spacial score (nSPS) is 11.5. The number of carbonyl (C=O) groups excluding carboxylic acids is 1. The minimum atomic E-state index is -3.82. The first-order valence-corrected chi connectivity index (χ1v) is 9.25. The lowest BCUT2D eigenvalue weighted by Gasteiger charge is -2.11. The highest BCUT2D eigenvalue weighted by molar-refractivity contribution is 7.90. The van der Waals surface area contributed by atoms with Gasteiger partial charge < -0.3 is 5.32 Å². The quantitative estimate of drug-likeness (QED) is 0.719. The van der Waals surface area contributed by atoms with Crippen molar-refractivity contribution in [2.45, 2.75) is 57.3 Å². The highest BCUT2D eigenvalue weighted by Gasteiger charge is 2.18. The van der Waals surface area contributed by atoms with E-state index in [2.05, 4.69) is 17.0 Å². The summed E-state index contributed by atoms with van der Waals surface area (Å²) in [5.41, 5.74) is 0.919. The van der Waals surface area contributed by atoms with Gasteiger partial charge in [-0.25, -0.2) is 17.9 Å². The zero-order valence-corrected chi connectivity index (χ0v) is 14.4. The molecule has 0 atom stereocenters. The van der Waals surface area contributed by atoms with Crippen LogP contribution in [0.15, 0.2) is 29.2 Å². The lowest BCUT2D eigenvalue weighted by molar-refractivity contribution is 0.245. The molecule has 1 aromatic rings. The molecule has 1 rings (SSSR count). The smallest absolute Gasteiger partial charge is 0.328 e. The fraction of sp³-hybridized carbons (Fsp3) is 0.562. The van der Waals surface area contributed by atoms with Gasteiger partial charge in [0.1, 0.15) is 0 Å². The second-order valence-corrected chi connectivity index (χ2v) is 7.33. The molecule has 0 bridgehead atoms. The van der Waals surface area contributed by atoms with Crippen LogP contribution in [0.1, 0.15) is 57.9 Å². The standard InChI is InChI=1S/C16H26N2O3S/c1-4-5-6-7-11-17-16(19)18-22(20,21)15-10-8-9-14(12-15)13(2)3/h8-10,12-13H,4-7,11H2,1-3H3,(H2,17,18,19). The van der Waals surface area contributed by atoms with E-state index in [1.54, 1.807) is 12.1 Å². The molecule has 0 aliphatic heterocycles. The van der Waals surface area contributed by atoms with Crippen molar-refractivity contribution >= 4 is 16.1 Å². The molecule has 0 saturated heterocycles. The van der Waals surface area contributed by atoms with Crippen LogP contribution in [-0.2, 0) is 10.0 Å². The van der Waals surface area contributed by atoms with E-state index in [0.29, 0.717) is 6.54 Å². The Hall–Kier alpha value is -1.56. The molecule has 2 N–H and O–H groups in total. The second kappa shape index (κ2) is 8.78. The Morgan fingerprint density at radius 3 is 2.55 bits per heavy atom. The summed E-state index contributed by atoms with van der Waals surface area (Å²) in [6, 6.07) is 5.97. The Balaban J connectivity index is 2.59. The van der Waals surface area contributed by atoms with Gasteiger partial charge in [-0.2, -0.15) is 0 Å². The SMILES string of the molecule is CCCCCCNC(=O)NS(=O)(=O)c1cccc(C(C)C)c1. The summed E-state index contributed by atoms with van der Waals surface area (Å²) in [5, 5.41) is 2.58. The van der Waals surface area contributed by atoms with E-state index in [-0.39, 0.29) is 10.8 Å². The van der Waals surface area contributed by atoms with E-state index in [1.807, 2.05) is 19.9 Å². The molecule has 0 radical (unpaired) electrons. The van der Waals surface area contributed by atoms with Gasteiger partial charge in [-0.3, -0.25) is 0 Å². The summed E-state index contributed by atoms with van der Waals surface area (Å²) in [6.45, 7) is 6.57. The van der Waals surface area contributed by atoms with Crippen LogP contribution in [-0.4, -0.2) is 21.0 Å². The number of rotatable bonds is 8. The molecular weight excluding hydrogens is 300 g/mol. The molecule has 0 aliphatic carbocycles. The molecule has 1 aromatic carbocycles. The summed E-state index contributed by atoms with van der Waals surface area (Å²) < 4.78 is 26.4. The first kappa shape index (κ1) is 18.5. The molecule has 124 valence electrons. The van der Waals surface area contributed by atoms with Crippen molar-refractivity contribution in [2.24, 2.45) is 0 Å². The molecule has 0 aliphatic rings.